The highest BCUT2D eigenvalue weighted by atomic mass is 35.5. The van der Waals surface area contributed by atoms with Gasteiger partial charge in [0.25, 0.3) is 0 Å². The molecule has 0 amide bonds. The molecule has 0 saturated heterocycles. The van der Waals surface area contributed by atoms with Crippen LogP contribution in [0.4, 0.5) is 5.82 Å². The van der Waals surface area contributed by atoms with Gasteiger partial charge >= 0.3 is 0 Å². The normalized spacial score (nSPS) is 14.6. The maximum Gasteiger partial charge on any atom is 0.152 e. The first-order valence-corrected chi connectivity index (χ1v) is 6.71. The molecular formula is C12H15ClN6. The zero-order chi connectivity index (χ0) is 13.2. The number of nitrogens with one attached hydrogen (secondary N) is 1. The Balaban J connectivity index is 1.60. The molecule has 3 rings (SSSR count). The van der Waals surface area contributed by atoms with Crippen molar-refractivity contribution in [3.63, 3.8) is 0 Å². The van der Waals surface area contributed by atoms with Crippen molar-refractivity contribution in [2.75, 3.05) is 11.9 Å². The summed E-state index contributed by atoms with van der Waals surface area (Å²) in [4.78, 5) is 12.9. The van der Waals surface area contributed by atoms with Gasteiger partial charge < -0.3 is 5.32 Å². The van der Waals surface area contributed by atoms with E-state index in [0.717, 1.165) is 43.3 Å². The molecule has 1 aliphatic carbocycles. The predicted octanol–water partition coefficient (Wildman–Crippen LogP) is 1.79. The van der Waals surface area contributed by atoms with Crippen LogP contribution in [0.5, 0.6) is 0 Å². The van der Waals surface area contributed by atoms with Gasteiger partial charge in [0.1, 0.15) is 23.1 Å². The van der Waals surface area contributed by atoms with Crippen LogP contribution in [0.25, 0.3) is 0 Å². The van der Waals surface area contributed by atoms with Gasteiger partial charge in [-0.25, -0.2) is 15.0 Å². The SMILES string of the molecule is Cn1cnc(CCNc2cc(Cl)nc(C3CC3)n2)n1. The van der Waals surface area contributed by atoms with Crippen LogP contribution in [0.2, 0.25) is 5.15 Å². The molecule has 0 atom stereocenters. The first-order chi connectivity index (χ1) is 9.20. The van der Waals surface area contributed by atoms with Crippen LogP contribution in [0.3, 0.4) is 0 Å². The lowest BCUT2D eigenvalue weighted by molar-refractivity contribution is 0.741. The van der Waals surface area contributed by atoms with Crippen LogP contribution in [0.15, 0.2) is 12.4 Å². The van der Waals surface area contributed by atoms with Crippen molar-refractivity contribution < 1.29 is 0 Å². The number of hydrogen-bond donors (Lipinski definition) is 1. The van der Waals surface area contributed by atoms with Crippen LogP contribution in [-0.4, -0.2) is 31.3 Å². The third-order valence-corrected chi connectivity index (χ3v) is 3.15. The standard InChI is InChI=1S/C12H15ClN6/c1-19-7-15-10(18-19)4-5-14-11-6-9(13)16-12(17-11)8-2-3-8/h6-8H,2-5H2,1H3,(H,14,16,17). The molecule has 0 aromatic carbocycles. The number of aromatic nitrogens is 5. The molecule has 2 aromatic heterocycles. The number of nitrogens with zero attached hydrogens (tertiary/aromatic N) is 5. The number of hydrogen-bond acceptors (Lipinski definition) is 5. The molecule has 2 aromatic rings. The first kappa shape index (κ1) is 12.3. The fraction of sp³-hybridized carbons (Fsp3) is 0.500. The quantitative estimate of drug-likeness (QED) is 0.845. The molecule has 2 heterocycles. The fourth-order valence-corrected chi connectivity index (χ4v) is 2.04. The van der Waals surface area contributed by atoms with Gasteiger partial charge in [-0.1, -0.05) is 11.6 Å². The second kappa shape index (κ2) is 5.13. The summed E-state index contributed by atoms with van der Waals surface area (Å²) in [7, 11) is 1.86. The molecule has 1 N–H and O–H groups in total. The van der Waals surface area contributed by atoms with E-state index in [9.17, 15) is 0 Å². The Labute approximate surface area is 116 Å². The minimum atomic E-state index is 0.496. The van der Waals surface area contributed by atoms with Crippen molar-refractivity contribution in [2.45, 2.75) is 25.2 Å². The van der Waals surface area contributed by atoms with Crippen LogP contribution < -0.4 is 5.32 Å². The van der Waals surface area contributed by atoms with Gasteiger partial charge in [-0.05, 0) is 12.8 Å². The molecule has 1 fully saturated rings. The molecule has 0 bridgehead atoms. The van der Waals surface area contributed by atoms with E-state index in [-0.39, 0.29) is 0 Å². The molecule has 6 nitrogen and oxygen atoms in total. The van der Waals surface area contributed by atoms with Crippen LogP contribution in [-0.2, 0) is 13.5 Å². The number of anilines is 1. The highest BCUT2D eigenvalue weighted by molar-refractivity contribution is 6.29. The minimum Gasteiger partial charge on any atom is -0.369 e. The van der Waals surface area contributed by atoms with Crippen molar-refractivity contribution >= 4 is 17.4 Å². The maximum atomic E-state index is 6.00. The van der Waals surface area contributed by atoms with Gasteiger partial charge in [0, 0.05) is 32.0 Å². The Morgan fingerprint density at radius 3 is 2.95 bits per heavy atom. The maximum absolute atomic E-state index is 6.00. The molecule has 1 saturated carbocycles. The Morgan fingerprint density at radius 1 is 1.42 bits per heavy atom. The second-order valence-electron chi connectivity index (χ2n) is 4.72. The molecule has 100 valence electrons. The van der Waals surface area contributed by atoms with E-state index in [1.54, 1.807) is 17.1 Å². The lowest BCUT2D eigenvalue weighted by Crippen LogP contribution is -2.09. The monoisotopic (exact) mass is 278 g/mol. The summed E-state index contributed by atoms with van der Waals surface area (Å²) in [5.41, 5.74) is 0. The van der Waals surface area contributed by atoms with Gasteiger partial charge in [0.05, 0.1) is 0 Å². The van der Waals surface area contributed by atoms with Gasteiger partial charge in [-0.3, -0.25) is 4.68 Å². The van der Waals surface area contributed by atoms with E-state index in [0.29, 0.717) is 11.1 Å². The summed E-state index contributed by atoms with van der Waals surface area (Å²) in [6, 6.07) is 1.75. The molecule has 0 aliphatic heterocycles. The lowest BCUT2D eigenvalue weighted by Gasteiger charge is -2.06. The average Bonchev–Trinajstić information content (AvgIpc) is 3.13. The third-order valence-electron chi connectivity index (χ3n) is 2.96. The zero-order valence-electron chi connectivity index (χ0n) is 10.7. The predicted molar refractivity (Wildman–Crippen MR) is 72.2 cm³/mol. The van der Waals surface area contributed by atoms with E-state index in [1.807, 2.05) is 7.05 Å². The first-order valence-electron chi connectivity index (χ1n) is 6.33. The van der Waals surface area contributed by atoms with Crippen molar-refractivity contribution in [2.24, 2.45) is 7.05 Å². The number of aryl methyl sites for hydroxylation is 1. The zero-order valence-corrected chi connectivity index (χ0v) is 11.4. The van der Waals surface area contributed by atoms with E-state index in [4.69, 9.17) is 11.6 Å². The summed E-state index contributed by atoms with van der Waals surface area (Å²) in [5.74, 6) is 2.94. The number of halogens is 1. The van der Waals surface area contributed by atoms with Crippen molar-refractivity contribution in [3.05, 3.63) is 29.2 Å². The second-order valence-corrected chi connectivity index (χ2v) is 5.11. The van der Waals surface area contributed by atoms with E-state index >= 15 is 0 Å². The summed E-state index contributed by atoms with van der Waals surface area (Å²) >= 11 is 6.00. The Kier molecular flexibility index (Phi) is 3.33. The molecule has 0 radical (unpaired) electrons. The molecular weight excluding hydrogens is 264 g/mol. The highest BCUT2D eigenvalue weighted by Gasteiger charge is 2.27. The molecule has 7 heteroatoms. The van der Waals surface area contributed by atoms with E-state index in [2.05, 4.69) is 25.4 Å². The summed E-state index contributed by atoms with van der Waals surface area (Å²) < 4.78 is 1.70. The fourth-order valence-electron chi connectivity index (χ4n) is 1.85. The van der Waals surface area contributed by atoms with E-state index < -0.39 is 0 Å². The molecule has 0 spiro atoms. The molecule has 19 heavy (non-hydrogen) atoms. The van der Waals surface area contributed by atoms with Crippen molar-refractivity contribution in [3.8, 4) is 0 Å². The smallest absolute Gasteiger partial charge is 0.152 e. The van der Waals surface area contributed by atoms with Gasteiger partial charge in [-0.15, -0.1) is 0 Å². The minimum absolute atomic E-state index is 0.496. The molecule has 0 unspecified atom stereocenters. The summed E-state index contributed by atoms with van der Waals surface area (Å²) in [6.45, 7) is 0.724. The lowest BCUT2D eigenvalue weighted by atomic mass is 10.3. The van der Waals surface area contributed by atoms with Crippen LogP contribution in [0.1, 0.15) is 30.4 Å². The van der Waals surface area contributed by atoms with Crippen LogP contribution in [0, 0.1) is 0 Å². The van der Waals surface area contributed by atoms with Gasteiger partial charge in [-0.2, -0.15) is 5.10 Å². The topological polar surface area (TPSA) is 68.5 Å². The average molecular weight is 279 g/mol. The Morgan fingerprint density at radius 2 is 2.26 bits per heavy atom. The summed E-state index contributed by atoms with van der Waals surface area (Å²) in [5, 5.41) is 7.96. The van der Waals surface area contributed by atoms with Gasteiger partial charge in [0.15, 0.2) is 5.82 Å². The largest absolute Gasteiger partial charge is 0.369 e. The highest BCUT2D eigenvalue weighted by Crippen LogP contribution is 2.38. The van der Waals surface area contributed by atoms with Crippen molar-refractivity contribution in [1.29, 1.82) is 0 Å². The van der Waals surface area contributed by atoms with Crippen molar-refractivity contribution in [1.82, 2.24) is 24.7 Å². The Hall–Kier alpha value is -1.69. The van der Waals surface area contributed by atoms with Gasteiger partial charge in [0.2, 0.25) is 0 Å². The van der Waals surface area contributed by atoms with Crippen LogP contribution >= 0.6 is 11.6 Å². The van der Waals surface area contributed by atoms with E-state index in [1.165, 1.54) is 0 Å². The summed E-state index contributed by atoms with van der Waals surface area (Å²) in [6.07, 6.45) is 4.78. The molecule has 1 aliphatic rings. The number of rotatable bonds is 5. The Bertz CT molecular complexity index is 577. The third kappa shape index (κ3) is 3.20.